The number of aryl methyl sites for hydroxylation is 1. The number of para-hydroxylation sites is 1. The van der Waals surface area contributed by atoms with Gasteiger partial charge >= 0.3 is 0 Å². The molecule has 0 radical (unpaired) electrons. The van der Waals surface area contributed by atoms with Gasteiger partial charge in [-0.2, -0.15) is 0 Å². The topological polar surface area (TPSA) is 77.8 Å². The maximum Gasteiger partial charge on any atom is 0.257 e. The van der Waals surface area contributed by atoms with E-state index in [0.717, 1.165) is 0 Å². The highest BCUT2D eigenvalue weighted by Gasteiger charge is 2.15. The van der Waals surface area contributed by atoms with Crippen LogP contribution in [0.2, 0.25) is 0 Å². The number of hydrogen-bond donors (Lipinski definition) is 1. The number of nitrogens with one attached hydrogen (secondary N) is 1. The Morgan fingerprint density at radius 3 is 2.57 bits per heavy atom. The van der Waals surface area contributed by atoms with Crippen molar-refractivity contribution in [3.05, 3.63) is 64.5 Å². The van der Waals surface area contributed by atoms with Crippen molar-refractivity contribution in [2.75, 3.05) is 13.2 Å². The summed E-state index contributed by atoms with van der Waals surface area (Å²) < 4.78 is 17.0. The normalized spacial score (nSPS) is 10.9. The van der Waals surface area contributed by atoms with E-state index < -0.39 is 0 Å². The molecule has 3 rings (SSSR count). The van der Waals surface area contributed by atoms with E-state index in [2.05, 4.69) is 5.32 Å². The number of amides is 1. The van der Waals surface area contributed by atoms with Gasteiger partial charge < -0.3 is 19.2 Å². The first-order chi connectivity index (χ1) is 13.4. The molecule has 6 nitrogen and oxygen atoms in total. The van der Waals surface area contributed by atoms with Crippen LogP contribution in [0.4, 0.5) is 0 Å². The number of fused-ring (bicyclic) bond motifs is 1. The molecule has 146 valence electrons. The van der Waals surface area contributed by atoms with Crippen molar-refractivity contribution in [2.45, 2.75) is 20.8 Å². The predicted octanol–water partition coefficient (Wildman–Crippen LogP) is 4.04. The van der Waals surface area contributed by atoms with Gasteiger partial charge in [-0.3, -0.25) is 9.59 Å². The summed E-state index contributed by atoms with van der Waals surface area (Å²) in [5, 5.41) is 3.17. The first kappa shape index (κ1) is 19.5. The van der Waals surface area contributed by atoms with E-state index in [9.17, 15) is 9.59 Å². The Morgan fingerprint density at radius 2 is 1.86 bits per heavy atom. The Hall–Kier alpha value is -3.28. The Kier molecular flexibility index (Phi) is 5.99. The largest absolute Gasteiger partial charge is 0.484 e. The molecular weight excluding hydrogens is 358 g/mol. The maximum absolute atomic E-state index is 12.8. The smallest absolute Gasteiger partial charge is 0.257 e. The molecule has 0 aliphatic carbocycles. The second-order valence-corrected chi connectivity index (χ2v) is 6.88. The van der Waals surface area contributed by atoms with E-state index >= 15 is 0 Å². The molecule has 1 N–H and O–H groups in total. The van der Waals surface area contributed by atoms with Gasteiger partial charge in [0.25, 0.3) is 5.91 Å². The zero-order valence-corrected chi connectivity index (χ0v) is 16.2. The summed E-state index contributed by atoms with van der Waals surface area (Å²) in [7, 11) is 0. The van der Waals surface area contributed by atoms with E-state index in [-0.39, 0.29) is 23.7 Å². The van der Waals surface area contributed by atoms with Gasteiger partial charge in [0.15, 0.2) is 6.61 Å². The summed E-state index contributed by atoms with van der Waals surface area (Å²) in [5.74, 6) is 1.71. The molecule has 3 aromatic rings. The van der Waals surface area contributed by atoms with Gasteiger partial charge in [0, 0.05) is 12.6 Å². The lowest BCUT2D eigenvalue weighted by Crippen LogP contribution is -2.31. The van der Waals surface area contributed by atoms with Crippen molar-refractivity contribution in [3.63, 3.8) is 0 Å². The average molecular weight is 381 g/mol. The fourth-order valence-electron chi connectivity index (χ4n) is 2.60. The summed E-state index contributed by atoms with van der Waals surface area (Å²) >= 11 is 0. The van der Waals surface area contributed by atoms with E-state index in [1.807, 2.05) is 32.0 Å². The number of carbonyl (C=O) groups is 1. The fourth-order valence-corrected chi connectivity index (χ4v) is 2.60. The van der Waals surface area contributed by atoms with Crippen LogP contribution in [0.1, 0.15) is 19.6 Å². The van der Waals surface area contributed by atoms with Crippen LogP contribution in [0.5, 0.6) is 17.2 Å². The lowest BCUT2D eigenvalue weighted by molar-refractivity contribution is -0.123. The molecule has 28 heavy (non-hydrogen) atoms. The van der Waals surface area contributed by atoms with Crippen molar-refractivity contribution < 1.29 is 18.7 Å². The Labute approximate surface area is 163 Å². The van der Waals surface area contributed by atoms with Crippen molar-refractivity contribution in [2.24, 2.45) is 5.92 Å². The van der Waals surface area contributed by atoms with Crippen LogP contribution in [0, 0.1) is 12.8 Å². The van der Waals surface area contributed by atoms with Crippen LogP contribution in [-0.2, 0) is 4.79 Å². The molecule has 6 heteroatoms. The lowest BCUT2D eigenvalue weighted by atomic mass is 10.2. The molecule has 2 aromatic carbocycles. The highest BCUT2D eigenvalue weighted by atomic mass is 16.5. The van der Waals surface area contributed by atoms with Gasteiger partial charge in [0.2, 0.25) is 11.2 Å². The van der Waals surface area contributed by atoms with Gasteiger partial charge in [0.05, 0.1) is 5.39 Å². The van der Waals surface area contributed by atoms with E-state index in [1.165, 1.54) is 0 Å². The van der Waals surface area contributed by atoms with Crippen molar-refractivity contribution in [1.82, 2.24) is 5.32 Å². The minimum atomic E-state index is -0.260. The SMILES string of the molecule is Cc1oc2cc(OCC(=O)NCC(C)C)ccc2c(=O)c1Oc1ccccc1. The molecule has 0 aliphatic heterocycles. The minimum absolute atomic E-state index is 0.101. The first-order valence-electron chi connectivity index (χ1n) is 9.14. The van der Waals surface area contributed by atoms with Crippen molar-refractivity contribution in [1.29, 1.82) is 0 Å². The van der Waals surface area contributed by atoms with Gasteiger partial charge in [-0.15, -0.1) is 0 Å². The Bertz CT molecular complexity index is 1020. The monoisotopic (exact) mass is 381 g/mol. The highest BCUT2D eigenvalue weighted by Crippen LogP contribution is 2.27. The summed E-state index contributed by atoms with van der Waals surface area (Å²) in [6.45, 7) is 6.20. The number of carbonyl (C=O) groups excluding carboxylic acids is 1. The third kappa shape index (κ3) is 4.71. The lowest BCUT2D eigenvalue weighted by Gasteiger charge is -2.11. The second kappa shape index (κ2) is 8.61. The minimum Gasteiger partial charge on any atom is -0.484 e. The molecular formula is C22H23NO5. The standard InChI is InChI=1S/C22H23NO5/c1-14(2)12-23-20(24)13-26-17-9-10-18-19(11-17)27-15(3)22(21(18)25)28-16-7-5-4-6-8-16/h4-11,14H,12-13H2,1-3H3,(H,23,24). The Morgan fingerprint density at radius 1 is 1.11 bits per heavy atom. The molecule has 0 saturated heterocycles. The molecule has 0 fully saturated rings. The molecule has 0 unspecified atom stereocenters. The molecule has 0 atom stereocenters. The van der Waals surface area contributed by atoms with Crippen LogP contribution in [0.3, 0.4) is 0 Å². The third-order valence-corrected chi connectivity index (χ3v) is 4.03. The average Bonchev–Trinajstić information content (AvgIpc) is 2.68. The highest BCUT2D eigenvalue weighted by molar-refractivity contribution is 5.80. The summed E-state index contributed by atoms with van der Waals surface area (Å²) in [4.78, 5) is 24.6. The summed E-state index contributed by atoms with van der Waals surface area (Å²) in [6, 6.07) is 13.9. The van der Waals surface area contributed by atoms with Gasteiger partial charge in [0.1, 0.15) is 22.8 Å². The fraction of sp³-hybridized carbons (Fsp3) is 0.273. The number of ether oxygens (including phenoxy) is 2. The van der Waals surface area contributed by atoms with Crippen LogP contribution in [0.25, 0.3) is 11.0 Å². The van der Waals surface area contributed by atoms with Gasteiger partial charge in [-0.1, -0.05) is 32.0 Å². The Balaban J connectivity index is 1.79. The quantitative estimate of drug-likeness (QED) is 0.668. The van der Waals surface area contributed by atoms with Gasteiger partial charge in [-0.25, -0.2) is 0 Å². The molecule has 1 heterocycles. The number of benzene rings is 2. The number of rotatable bonds is 7. The molecule has 0 spiro atoms. The molecule has 0 aliphatic rings. The van der Waals surface area contributed by atoms with E-state index in [4.69, 9.17) is 13.9 Å². The molecule has 1 aromatic heterocycles. The van der Waals surface area contributed by atoms with E-state index in [1.54, 1.807) is 37.3 Å². The van der Waals surface area contributed by atoms with Crippen LogP contribution in [0.15, 0.2) is 57.7 Å². The van der Waals surface area contributed by atoms with Crippen LogP contribution < -0.4 is 20.2 Å². The summed E-state index contributed by atoms with van der Waals surface area (Å²) in [6.07, 6.45) is 0. The van der Waals surface area contributed by atoms with Gasteiger partial charge in [-0.05, 0) is 37.1 Å². The molecule has 0 bridgehead atoms. The zero-order valence-electron chi connectivity index (χ0n) is 16.2. The van der Waals surface area contributed by atoms with Crippen molar-refractivity contribution in [3.8, 4) is 17.2 Å². The summed E-state index contributed by atoms with van der Waals surface area (Å²) in [5.41, 5.74) is 0.117. The molecule has 0 saturated carbocycles. The number of hydrogen-bond acceptors (Lipinski definition) is 5. The molecule has 1 amide bonds. The van der Waals surface area contributed by atoms with E-state index in [0.29, 0.717) is 40.7 Å². The van der Waals surface area contributed by atoms with Crippen LogP contribution in [-0.4, -0.2) is 19.1 Å². The zero-order chi connectivity index (χ0) is 20.1. The second-order valence-electron chi connectivity index (χ2n) is 6.88. The van der Waals surface area contributed by atoms with Crippen LogP contribution >= 0.6 is 0 Å². The third-order valence-electron chi connectivity index (χ3n) is 4.03. The maximum atomic E-state index is 12.8. The first-order valence-corrected chi connectivity index (χ1v) is 9.14. The predicted molar refractivity (Wildman–Crippen MR) is 107 cm³/mol. The van der Waals surface area contributed by atoms with Crippen molar-refractivity contribution >= 4 is 16.9 Å².